The SMILES string of the molecule is CNC(=O)Nc1cc2c(cn1)C1(CC1)CN2c1cc(C)nc(C(C)(F)F)n1. The van der Waals surface area contributed by atoms with E-state index >= 15 is 0 Å². The molecule has 1 fully saturated rings. The lowest BCUT2D eigenvalue weighted by Gasteiger charge is -2.21. The molecule has 3 heterocycles. The van der Waals surface area contributed by atoms with Crippen LogP contribution in [0.25, 0.3) is 0 Å². The number of amides is 2. The first kappa shape index (κ1) is 17.6. The van der Waals surface area contributed by atoms with Gasteiger partial charge in [-0.15, -0.1) is 0 Å². The first-order valence-electron chi connectivity index (χ1n) is 8.73. The van der Waals surface area contributed by atoms with Crippen molar-refractivity contribution in [2.24, 2.45) is 0 Å². The molecule has 2 N–H and O–H groups in total. The Hall–Kier alpha value is -2.84. The average Bonchev–Trinajstić information content (AvgIpc) is 3.31. The molecule has 0 aromatic carbocycles. The summed E-state index contributed by atoms with van der Waals surface area (Å²) in [6.07, 6.45) is 3.79. The molecular formula is C18H20F2N6O. The van der Waals surface area contributed by atoms with Gasteiger partial charge in [-0.25, -0.2) is 19.7 Å². The number of carbonyl (C=O) groups excluding carboxylic acids is 1. The van der Waals surface area contributed by atoms with Crippen LogP contribution in [0.4, 0.5) is 30.9 Å². The number of aryl methyl sites for hydroxylation is 1. The summed E-state index contributed by atoms with van der Waals surface area (Å²) < 4.78 is 27.6. The Balaban J connectivity index is 1.77. The highest BCUT2D eigenvalue weighted by molar-refractivity contribution is 5.89. The van der Waals surface area contributed by atoms with Gasteiger partial charge in [-0.3, -0.25) is 5.32 Å². The summed E-state index contributed by atoms with van der Waals surface area (Å²) in [6.45, 7) is 3.12. The zero-order valence-electron chi connectivity index (χ0n) is 15.3. The lowest BCUT2D eigenvalue weighted by Crippen LogP contribution is -2.25. The molecule has 2 aromatic heterocycles. The normalized spacial score (nSPS) is 17.0. The molecule has 1 spiro atoms. The van der Waals surface area contributed by atoms with Crippen LogP contribution in [0, 0.1) is 6.92 Å². The molecule has 2 aliphatic rings. The van der Waals surface area contributed by atoms with Crippen molar-refractivity contribution >= 4 is 23.4 Å². The number of alkyl halides is 2. The minimum absolute atomic E-state index is 0.0123. The van der Waals surface area contributed by atoms with Crippen LogP contribution in [-0.2, 0) is 11.3 Å². The summed E-state index contributed by atoms with van der Waals surface area (Å²) in [5, 5.41) is 5.12. The van der Waals surface area contributed by atoms with E-state index in [0.717, 1.165) is 31.0 Å². The Labute approximate surface area is 155 Å². The molecule has 9 heteroatoms. The fourth-order valence-electron chi connectivity index (χ4n) is 3.47. The number of aromatic nitrogens is 3. The third kappa shape index (κ3) is 3.07. The molecule has 7 nitrogen and oxygen atoms in total. The number of urea groups is 1. The second kappa shape index (κ2) is 5.83. The lowest BCUT2D eigenvalue weighted by molar-refractivity contribution is 0.00762. The standard InChI is InChI=1S/C18H20F2N6O/c1-10-6-14(25-15(23-10)17(2,19)20)26-9-18(4-5-18)11-8-22-13(7-12(11)26)24-16(27)21-3/h6-8H,4-5,9H2,1-3H3,(H2,21,22,24,27). The molecule has 4 rings (SSSR count). The summed E-state index contributed by atoms with van der Waals surface area (Å²) in [5.74, 6) is -2.79. The predicted molar refractivity (Wildman–Crippen MR) is 96.6 cm³/mol. The maximum Gasteiger partial charge on any atom is 0.320 e. The van der Waals surface area contributed by atoms with Crippen LogP contribution in [0.1, 0.15) is 36.8 Å². The molecule has 2 amide bonds. The van der Waals surface area contributed by atoms with Gasteiger partial charge in [0, 0.05) is 55.5 Å². The number of hydrogen-bond acceptors (Lipinski definition) is 5. The molecule has 1 saturated carbocycles. The number of hydrogen-bond donors (Lipinski definition) is 2. The zero-order valence-corrected chi connectivity index (χ0v) is 15.3. The molecular weight excluding hydrogens is 354 g/mol. The van der Waals surface area contributed by atoms with Gasteiger partial charge in [0.15, 0.2) is 0 Å². The summed E-state index contributed by atoms with van der Waals surface area (Å²) >= 11 is 0. The van der Waals surface area contributed by atoms with E-state index in [2.05, 4.69) is 25.6 Å². The predicted octanol–water partition coefficient (Wildman–Crippen LogP) is 3.23. The topological polar surface area (TPSA) is 83.0 Å². The van der Waals surface area contributed by atoms with Crippen molar-refractivity contribution < 1.29 is 13.6 Å². The number of nitrogens with zero attached hydrogens (tertiary/aromatic N) is 4. The maximum atomic E-state index is 13.8. The monoisotopic (exact) mass is 374 g/mol. The third-order valence-electron chi connectivity index (χ3n) is 5.04. The Bertz CT molecular complexity index is 923. The van der Waals surface area contributed by atoms with Crippen molar-refractivity contribution in [1.82, 2.24) is 20.3 Å². The molecule has 0 unspecified atom stereocenters. The molecule has 0 atom stereocenters. The quantitative estimate of drug-likeness (QED) is 0.862. The van der Waals surface area contributed by atoms with Crippen molar-refractivity contribution in [3.63, 3.8) is 0 Å². The van der Waals surface area contributed by atoms with E-state index in [4.69, 9.17) is 0 Å². The second-order valence-electron chi connectivity index (χ2n) is 7.24. The minimum Gasteiger partial charge on any atom is -0.341 e. The van der Waals surface area contributed by atoms with Gasteiger partial charge in [-0.05, 0) is 19.8 Å². The van der Waals surface area contributed by atoms with E-state index in [0.29, 0.717) is 23.9 Å². The number of anilines is 3. The van der Waals surface area contributed by atoms with E-state index < -0.39 is 11.7 Å². The van der Waals surface area contributed by atoms with Crippen LogP contribution in [0.5, 0.6) is 0 Å². The summed E-state index contributed by atoms with van der Waals surface area (Å²) in [7, 11) is 1.52. The van der Waals surface area contributed by atoms with Gasteiger partial charge in [0.1, 0.15) is 11.6 Å². The minimum atomic E-state index is -3.12. The van der Waals surface area contributed by atoms with Gasteiger partial charge in [-0.1, -0.05) is 0 Å². The first-order valence-corrected chi connectivity index (χ1v) is 8.73. The highest BCUT2D eigenvalue weighted by Crippen LogP contribution is 2.58. The number of halogens is 2. The van der Waals surface area contributed by atoms with Gasteiger partial charge < -0.3 is 10.2 Å². The first-order chi connectivity index (χ1) is 12.7. The Morgan fingerprint density at radius 2 is 2.04 bits per heavy atom. The number of nitrogens with one attached hydrogen (secondary N) is 2. The average molecular weight is 374 g/mol. The molecule has 142 valence electrons. The highest BCUT2D eigenvalue weighted by Gasteiger charge is 2.52. The smallest absolute Gasteiger partial charge is 0.320 e. The zero-order chi connectivity index (χ0) is 19.4. The fraction of sp³-hybridized carbons (Fsp3) is 0.444. The van der Waals surface area contributed by atoms with Crippen molar-refractivity contribution in [3.05, 3.63) is 35.4 Å². The Morgan fingerprint density at radius 3 is 2.67 bits per heavy atom. The van der Waals surface area contributed by atoms with E-state index in [9.17, 15) is 13.6 Å². The third-order valence-corrected chi connectivity index (χ3v) is 5.04. The van der Waals surface area contributed by atoms with Gasteiger partial charge in [0.25, 0.3) is 0 Å². The van der Waals surface area contributed by atoms with E-state index in [1.807, 2.05) is 4.90 Å². The summed E-state index contributed by atoms with van der Waals surface area (Å²) in [6, 6.07) is 3.09. The number of carbonyl (C=O) groups is 1. The van der Waals surface area contributed by atoms with Gasteiger partial charge in [0.2, 0.25) is 5.82 Å². The van der Waals surface area contributed by atoms with Crippen molar-refractivity contribution in [3.8, 4) is 0 Å². The van der Waals surface area contributed by atoms with Crippen LogP contribution in [0.2, 0.25) is 0 Å². The molecule has 2 aromatic rings. The van der Waals surface area contributed by atoms with Crippen LogP contribution in [-0.4, -0.2) is 34.6 Å². The summed E-state index contributed by atoms with van der Waals surface area (Å²) in [5.41, 5.74) is 2.36. The molecule has 0 saturated heterocycles. The van der Waals surface area contributed by atoms with E-state index in [-0.39, 0.29) is 11.4 Å². The van der Waals surface area contributed by atoms with E-state index in [1.165, 1.54) is 7.05 Å². The second-order valence-corrected chi connectivity index (χ2v) is 7.24. The molecule has 27 heavy (non-hydrogen) atoms. The van der Waals surface area contributed by atoms with Crippen molar-refractivity contribution in [1.29, 1.82) is 0 Å². The van der Waals surface area contributed by atoms with Crippen molar-refractivity contribution in [2.75, 3.05) is 23.8 Å². The highest BCUT2D eigenvalue weighted by atomic mass is 19.3. The van der Waals surface area contributed by atoms with Crippen LogP contribution in [0.15, 0.2) is 18.3 Å². The largest absolute Gasteiger partial charge is 0.341 e. The summed E-state index contributed by atoms with van der Waals surface area (Å²) in [4.78, 5) is 25.9. The molecule has 0 bridgehead atoms. The lowest BCUT2D eigenvalue weighted by atomic mass is 10.0. The molecule has 0 radical (unpaired) electrons. The Morgan fingerprint density at radius 1 is 1.30 bits per heavy atom. The molecule has 1 aliphatic heterocycles. The van der Waals surface area contributed by atoms with Crippen LogP contribution >= 0.6 is 0 Å². The fourth-order valence-corrected chi connectivity index (χ4v) is 3.47. The number of pyridine rings is 1. The Kier molecular flexibility index (Phi) is 3.79. The van der Waals surface area contributed by atoms with Crippen LogP contribution < -0.4 is 15.5 Å². The van der Waals surface area contributed by atoms with Gasteiger partial charge in [0.05, 0.1) is 5.69 Å². The number of fused-ring (bicyclic) bond motifs is 2. The van der Waals surface area contributed by atoms with E-state index in [1.54, 1.807) is 25.3 Å². The molecule has 1 aliphatic carbocycles. The van der Waals surface area contributed by atoms with Crippen molar-refractivity contribution in [2.45, 2.75) is 38.0 Å². The maximum absolute atomic E-state index is 13.8. The van der Waals surface area contributed by atoms with Gasteiger partial charge >= 0.3 is 12.0 Å². The van der Waals surface area contributed by atoms with Gasteiger partial charge in [-0.2, -0.15) is 8.78 Å². The number of rotatable bonds is 3. The van der Waals surface area contributed by atoms with Crippen LogP contribution in [0.3, 0.4) is 0 Å².